The van der Waals surface area contributed by atoms with Crippen LogP contribution in [-0.4, -0.2) is 19.8 Å². The number of methoxy groups -OCH3 is 1. The molecule has 0 aliphatic heterocycles. The van der Waals surface area contributed by atoms with Crippen LogP contribution in [0.3, 0.4) is 0 Å². The Bertz CT molecular complexity index is 370. The van der Waals surface area contributed by atoms with Crippen molar-refractivity contribution in [3.05, 3.63) is 22.7 Å². The highest BCUT2D eigenvalue weighted by molar-refractivity contribution is 6.30. The van der Waals surface area contributed by atoms with Gasteiger partial charge in [0.25, 0.3) is 0 Å². The first-order valence-corrected chi connectivity index (χ1v) is 6.20. The number of hydrogen-bond donors (Lipinski definition) is 1. The van der Waals surface area contributed by atoms with Gasteiger partial charge in [-0.05, 0) is 26.5 Å². The van der Waals surface area contributed by atoms with Gasteiger partial charge in [-0.3, -0.25) is 0 Å². The van der Waals surface area contributed by atoms with E-state index in [9.17, 15) is 0 Å². The third kappa shape index (κ3) is 4.92. The molecule has 1 rings (SSSR count). The van der Waals surface area contributed by atoms with Crippen molar-refractivity contribution >= 4 is 11.6 Å². The molecule has 0 aliphatic rings. The summed E-state index contributed by atoms with van der Waals surface area (Å²) in [7, 11) is 1.62. The maximum Gasteiger partial charge on any atom is 0.166 e. The Morgan fingerprint density at radius 2 is 2.00 bits per heavy atom. The SMILES string of the molecule is CCNCc1cc(Cl)cc(OC)c1OC(C)C.[Cl-]. The van der Waals surface area contributed by atoms with Gasteiger partial charge in [-0.1, -0.05) is 18.5 Å². The van der Waals surface area contributed by atoms with Crippen LogP contribution in [0.15, 0.2) is 12.1 Å². The molecule has 0 atom stereocenters. The van der Waals surface area contributed by atoms with Crippen molar-refractivity contribution in [2.75, 3.05) is 13.7 Å². The molecule has 0 bridgehead atoms. The molecule has 5 heteroatoms. The minimum atomic E-state index is 0. The predicted molar refractivity (Wildman–Crippen MR) is 71.1 cm³/mol. The van der Waals surface area contributed by atoms with Crippen molar-refractivity contribution in [2.24, 2.45) is 0 Å². The number of nitrogens with one attached hydrogen (secondary N) is 1. The monoisotopic (exact) mass is 292 g/mol. The Hall–Kier alpha value is -0.640. The van der Waals surface area contributed by atoms with E-state index >= 15 is 0 Å². The smallest absolute Gasteiger partial charge is 0.166 e. The van der Waals surface area contributed by atoms with Gasteiger partial charge in [-0.25, -0.2) is 0 Å². The van der Waals surface area contributed by atoms with Crippen LogP contribution in [-0.2, 0) is 6.54 Å². The Balaban J connectivity index is 0.00000289. The van der Waals surface area contributed by atoms with Crippen molar-refractivity contribution in [3.63, 3.8) is 0 Å². The van der Waals surface area contributed by atoms with Crippen LogP contribution in [0.5, 0.6) is 11.5 Å². The molecule has 0 aliphatic carbocycles. The van der Waals surface area contributed by atoms with Gasteiger partial charge < -0.3 is 27.2 Å². The van der Waals surface area contributed by atoms with Crippen LogP contribution in [0.25, 0.3) is 0 Å². The summed E-state index contributed by atoms with van der Waals surface area (Å²) in [5.74, 6) is 1.45. The first-order valence-electron chi connectivity index (χ1n) is 5.82. The maximum atomic E-state index is 6.05. The fourth-order valence-electron chi connectivity index (χ4n) is 1.53. The summed E-state index contributed by atoms with van der Waals surface area (Å²) in [5.41, 5.74) is 1.02. The van der Waals surface area contributed by atoms with Gasteiger partial charge in [-0.2, -0.15) is 0 Å². The normalized spacial score (nSPS) is 10.1. The fourth-order valence-corrected chi connectivity index (χ4v) is 1.77. The van der Waals surface area contributed by atoms with Gasteiger partial charge in [0.05, 0.1) is 13.2 Å². The van der Waals surface area contributed by atoms with Crippen LogP contribution in [0.1, 0.15) is 26.3 Å². The van der Waals surface area contributed by atoms with E-state index in [0.29, 0.717) is 10.8 Å². The summed E-state index contributed by atoms with van der Waals surface area (Å²) in [6.07, 6.45) is 0.102. The molecule has 0 aromatic heterocycles. The molecule has 104 valence electrons. The Kier molecular flexibility index (Phi) is 8.16. The molecule has 0 fully saturated rings. The standard InChI is InChI=1S/C13H20ClNO2.ClH/c1-5-15-8-10-6-11(14)7-12(16-4)13(10)17-9(2)3;/h6-7,9,15H,5,8H2,1-4H3;1H/p-1. The summed E-state index contributed by atoms with van der Waals surface area (Å²) in [6, 6.07) is 3.68. The summed E-state index contributed by atoms with van der Waals surface area (Å²) in [6.45, 7) is 7.66. The van der Waals surface area contributed by atoms with E-state index in [-0.39, 0.29) is 18.5 Å². The molecule has 0 saturated carbocycles. The van der Waals surface area contributed by atoms with E-state index in [0.717, 1.165) is 24.4 Å². The zero-order valence-corrected chi connectivity index (χ0v) is 12.7. The lowest BCUT2D eigenvalue weighted by molar-refractivity contribution is -0.00000493. The van der Waals surface area contributed by atoms with Crippen LogP contribution >= 0.6 is 11.6 Å². The third-order valence-electron chi connectivity index (χ3n) is 2.24. The number of ether oxygens (including phenoxy) is 2. The molecule has 0 amide bonds. The average molecular weight is 293 g/mol. The van der Waals surface area contributed by atoms with Crippen LogP contribution in [0, 0.1) is 0 Å². The van der Waals surface area contributed by atoms with Crippen LogP contribution in [0.2, 0.25) is 5.02 Å². The number of benzene rings is 1. The molecule has 0 radical (unpaired) electrons. The van der Waals surface area contributed by atoms with E-state index in [2.05, 4.69) is 12.2 Å². The van der Waals surface area contributed by atoms with Gasteiger partial charge in [0.15, 0.2) is 11.5 Å². The van der Waals surface area contributed by atoms with Crippen molar-refractivity contribution in [1.29, 1.82) is 0 Å². The molecule has 1 aromatic carbocycles. The minimum Gasteiger partial charge on any atom is -1.00 e. The van der Waals surface area contributed by atoms with E-state index in [1.54, 1.807) is 13.2 Å². The molecule has 0 saturated heterocycles. The minimum absolute atomic E-state index is 0. The lowest BCUT2D eigenvalue weighted by Gasteiger charge is -2.18. The third-order valence-corrected chi connectivity index (χ3v) is 2.45. The van der Waals surface area contributed by atoms with Crippen molar-refractivity contribution in [1.82, 2.24) is 5.32 Å². The molecule has 1 aromatic rings. The van der Waals surface area contributed by atoms with Gasteiger partial charge in [0.1, 0.15) is 0 Å². The molecule has 0 unspecified atom stereocenters. The summed E-state index contributed by atoms with van der Waals surface area (Å²) >= 11 is 6.05. The van der Waals surface area contributed by atoms with E-state index in [1.807, 2.05) is 19.9 Å². The molecule has 0 heterocycles. The quantitative estimate of drug-likeness (QED) is 0.815. The number of hydrogen-bond acceptors (Lipinski definition) is 3. The highest BCUT2D eigenvalue weighted by Crippen LogP contribution is 2.35. The number of halogens is 2. The van der Waals surface area contributed by atoms with E-state index in [1.165, 1.54) is 0 Å². The molecule has 1 N–H and O–H groups in total. The first-order chi connectivity index (χ1) is 8.08. The Morgan fingerprint density at radius 1 is 1.33 bits per heavy atom. The lowest BCUT2D eigenvalue weighted by Crippen LogP contribution is -3.00. The second kappa shape index (κ2) is 8.46. The predicted octanol–water partition coefficient (Wildman–Crippen LogP) is 0.249. The fraction of sp³-hybridized carbons (Fsp3) is 0.538. The van der Waals surface area contributed by atoms with Gasteiger partial charge in [-0.15, -0.1) is 0 Å². The Morgan fingerprint density at radius 3 is 2.50 bits per heavy atom. The molecular formula is C13H20Cl2NO2-. The second-order valence-corrected chi connectivity index (χ2v) is 4.48. The van der Waals surface area contributed by atoms with Gasteiger partial charge >= 0.3 is 0 Å². The maximum absolute atomic E-state index is 6.05. The van der Waals surface area contributed by atoms with Crippen molar-refractivity contribution in [2.45, 2.75) is 33.4 Å². The highest BCUT2D eigenvalue weighted by Gasteiger charge is 2.13. The van der Waals surface area contributed by atoms with E-state index in [4.69, 9.17) is 21.1 Å². The number of rotatable bonds is 6. The molecule has 18 heavy (non-hydrogen) atoms. The Labute approximate surface area is 120 Å². The average Bonchev–Trinajstić information content (AvgIpc) is 2.28. The van der Waals surface area contributed by atoms with Crippen LogP contribution in [0.4, 0.5) is 0 Å². The molecule has 0 spiro atoms. The lowest BCUT2D eigenvalue weighted by atomic mass is 10.1. The molecular weight excluding hydrogens is 273 g/mol. The van der Waals surface area contributed by atoms with Gasteiger partial charge in [0, 0.05) is 23.2 Å². The van der Waals surface area contributed by atoms with Crippen molar-refractivity contribution in [3.8, 4) is 11.5 Å². The largest absolute Gasteiger partial charge is 1.00 e. The van der Waals surface area contributed by atoms with Crippen LogP contribution < -0.4 is 27.2 Å². The second-order valence-electron chi connectivity index (χ2n) is 4.04. The summed E-state index contributed by atoms with van der Waals surface area (Å²) < 4.78 is 11.1. The zero-order chi connectivity index (χ0) is 12.8. The van der Waals surface area contributed by atoms with E-state index < -0.39 is 0 Å². The summed E-state index contributed by atoms with van der Waals surface area (Å²) in [4.78, 5) is 0. The zero-order valence-electron chi connectivity index (χ0n) is 11.2. The summed E-state index contributed by atoms with van der Waals surface area (Å²) in [5, 5.41) is 3.92. The topological polar surface area (TPSA) is 30.5 Å². The van der Waals surface area contributed by atoms with Gasteiger partial charge in [0.2, 0.25) is 0 Å². The van der Waals surface area contributed by atoms with Crippen molar-refractivity contribution < 1.29 is 21.9 Å². The molecule has 3 nitrogen and oxygen atoms in total. The first kappa shape index (κ1) is 17.4. The highest BCUT2D eigenvalue weighted by atomic mass is 35.5.